The van der Waals surface area contributed by atoms with Gasteiger partial charge in [0, 0.05) is 25.7 Å². The largest absolute Gasteiger partial charge is 0.471 e. The minimum atomic E-state index is -0.169. The Morgan fingerprint density at radius 1 is 1.17 bits per heavy atom. The van der Waals surface area contributed by atoms with Crippen LogP contribution >= 0.6 is 11.6 Å². The molecular formula is C19H21ClN8O. The van der Waals surface area contributed by atoms with E-state index in [0.29, 0.717) is 29.0 Å². The van der Waals surface area contributed by atoms with Gasteiger partial charge in [-0.25, -0.2) is 5.43 Å². The summed E-state index contributed by atoms with van der Waals surface area (Å²) in [7, 11) is 1.89. The van der Waals surface area contributed by atoms with Crippen LogP contribution < -0.4 is 15.1 Å². The average molecular weight is 413 g/mol. The molecule has 150 valence electrons. The molecule has 4 heterocycles. The van der Waals surface area contributed by atoms with Crippen molar-refractivity contribution in [3.8, 4) is 17.3 Å². The van der Waals surface area contributed by atoms with Crippen molar-refractivity contribution in [2.75, 3.05) is 31.6 Å². The number of nitrogens with one attached hydrogen (secondary N) is 1. The highest BCUT2D eigenvalue weighted by Gasteiger charge is 2.27. The lowest BCUT2D eigenvalue weighted by Crippen LogP contribution is -2.37. The van der Waals surface area contributed by atoms with Crippen molar-refractivity contribution in [3.05, 3.63) is 35.4 Å². The Kier molecular flexibility index (Phi) is 4.69. The van der Waals surface area contributed by atoms with Gasteiger partial charge in [0.25, 0.3) is 5.88 Å². The first-order valence-corrected chi connectivity index (χ1v) is 9.99. The van der Waals surface area contributed by atoms with Crippen LogP contribution in [0.2, 0.25) is 5.02 Å². The normalized spacial score (nSPS) is 18.9. The summed E-state index contributed by atoms with van der Waals surface area (Å²) < 4.78 is 7.77. The first kappa shape index (κ1) is 18.1. The number of halogens is 1. The predicted molar refractivity (Wildman–Crippen MR) is 111 cm³/mol. The van der Waals surface area contributed by atoms with Crippen LogP contribution in [-0.2, 0) is 0 Å². The van der Waals surface area contributed by atoms with Gasteiger partial charge in [-0.1, -0.05) is 41.9 Å². The molecule has 0 saturated carbocycles. The van der Waals surface area contributed by atoms with E-state index < -0.39 is 0 Å². The molecule has 2 aliphatic rings. The van der Waals surface area contributed by atoms with E-state index in [1.807, 2.05) is 37.4 Å². The van der Waals surface area contributed by atoms with Crippen molar-refractivity contribution in [1.29, 1.82) is 0 Å². The maximum Gasteiger partial charge on any atom is 0.257 e. The molecule has 0 bridgehead atoms. The number of hydrogen-bond donors (Lipinski definition) is 1. The van der Waals surface area contributed by atoms with Crippen LogP contribution in [0.15, 0.2) is 35.3 Å². The molecule has 29 heavy (non-hydrogen) atoms. The highest BCUT2D eigenvalue weighted by molar-refractivity contribution is 6.36. The van der Waals surface area contributed by atoms with E-state index >= 15 is 0 Å². The fraction of sp³-hybridized carbons (Fsp3) is 0.368. The molecule has 2 aliphatic heterocycles. The number of aromatic nitrogens is 4. The molecule has 1 aromatic carbocycles. The maximum atomic E-state index is 6.81. The van der Waals surface area contributed by atoms with Gasteiger partial charge in [-0.2, -0.15) is 4.52 Å². The second-order valence-corrected chi connectivity index (χ2v) is 7.50. The molecule has 10 heteroatoms. The predicted octanol–water partition coefficient (Wildman–Crippen LogP) is 2.23. The van der Waals surface area contributed by atoms with Gasteiger partial charge in [-0.05, 0) is 12.8 Å². The standard InChI is InChI=1S/C19H21ClN8O/c1-26-12-21-14(24-26)11-29-19-16(27-9-5-6-10-27)15(20)18-23-22-17(28(18)25-19)13-7-3-2-4-8-13/h2-4,7-8,12,14,24H,5-6,9-11H2,1H3. The number of hydrogen-bond acceptors (Lipinski definition) is 8. The quantitative estimate of drug-likeness (QED) is 0.687. The van der Waals surface area contributed by atoms with Crippen LogP contribution in [0.25, 0.3) is 17.0 Å². The van der Waals surface area contributed by atoms with Crippen molar-refractivity contribution in [3.63, 3.8) is 0 Å². The van der Waals surface area contributed by atoms with Gasteiger partial charge in [0.05, 0.1) is 0 Å². The summed E-state index contributed by atoms with van der Waals surface area (Å²) in [6.07, 6.45) is 3.79. The van der Waals surface area contributed by atoms with Crippen molar-refractivity contribution in [1.82, 2.24) is 30.2 Å². The van der Waals surface area contributed by atoms with Crippen LogP contribution in [0, 0.1) is 0 Å². The van der Waals surface area contributed by atoms with E-state index in [9.17, 15) is 0 Å². The second kappa shape index (κ2) is 7.49. The molecule has 1 fully saturated rings. The zero-order valence-corrected chi connectivity index (χ0v) is 16.7. The number of rotatable bonds is 5. The average Bonchev–Trinajstić information content (AvgIpc) is 3.48. The monoisotopic (exact) mass is 412 g/mol. The van der Waals surface area contributed by atoms with E-state index in [1.54, 1.807) is 15.9 Å². The van der Waals surface area contributed by atoms with Gasteiger partial charge in [0.15, 0.2) is 17.6 Å². The lowest BCUT2D eigenvalue weighted by molar-refractivity contribution is 0.228. The second-order valence-electron chi connectivity index (χ2n) is 7.12. The van der Waals surface area contributed by atoms with Crippen molar-refractivity contribution < 1.29 is 4.74 Å². The summed E-state index contributed by atoms with van der Waals surface area (Å²) >= 11 is 6.81. The van der Waals surface area contributed by atoms with Crippen LogP contribution in [0.1, 0.15) is 12.8 Å². The van der Waals surface area contributed by atoms with E-state index in [2.05, 4.69) is 25.5 Å². The molecular weight excluding hydrogens is 392 g/mol. The van der Waals surface area contributed by atoms with Gasteiger partial charge in [-0.3, -0.25) is 10.0 Å². The Morgan fingerprint density at radius 3 is 2.69 bits per heavy atom. The van der Waals surface area contributed by atoms with E-state index in [-0.39, 0.29) is 6.17 Å². The summed E-state index contributed by atoms with van der Waals surface area (Å²) in [6.45, 7) is 2.16. The molecule has 5 rings (SSSR count). The molecule has 1 atom stereocenters. The molecule has 9 nitrogen and oxygen atoms in total. The van der Waals surface area contributed by atoms with Crippen LogP contribution in [-0.4, -0.2) is 64.1 Å². The lowest BCUT2D eigenvalue weighted by Gasteiger charge is -2.22. The molecule has 1 unspecified atom stereocenters. The summed E-state index contributed by atoms with van der Waals surface area (Å²) in [6, 6.07) is 9.80. The zero-order valence-electron chi connectivity index (χ0n) is 16.0. The smallest absolute Gasteiger partial charge is 0.257 e. The first-order chi connectivity index (χ1) is 14.2. The third kappa shape index (κ3) is 3.36. The van der Waals surface area contributed by atoms with E-state index in [1.165, 1.54) is 0 Å². The number of hydrazine groups is 1. The molecule has 0 aliphatic carbocycles. The minimum Gasteiger partial charge on any atom is -0.471 e. The van der Waals surface area contributed by atoms with Gasteiger partial charge in [0.1, 0.15) is 23.7 Å². The highest BCUT2D eigenvalue weighted by atomic mass is 35.5. The van der Waals surface area contributed by atoms with Gasteiger partial charge in [0.2, 0.25) is 0 Å². The molecule has 1 N–H and O–H groups in total. The Balaban J connectivity index is 1.57. The van der Waals surface area contributed by atoms with Gasteiger partial charge < -0.3 is 9.64 Å². The maximum absolute atomic E-state index is 6.81. The van der Waals surface area contributed by atoms with E-state index in [0.717, 1.165) is 37.2 Å². The fourth-order valence-corrected chi connectivity index (χ4v) is 3.97. The minimum absolute atomic E-state index is 0.169. The van der Waals surface area contributed by atoms with Crippen LogP contribution in [0.3, 0.4) is 0 Å². The number of aliphatic imine (C=N–C) groups is 1. The Hall–Kier alpha value is -2.91. The number of fused-ring (bicyclic) bond motifs is 1. The number of nitrogens with zero attached hydrogens (tertiary/aromatic N) is 7. The van der Waals surface area contributed by atoms with E-state index in [4.69, 9.17) is 21.4 Å². The molecule has 0 spiro atoms. The number of benzene rings is 1. The van der Waals surface area contributed by atoms with Crippen molar-refractivity contribution >= 4 is 29.3 Å². The molecule has 0 amide bonds. The van der Waals surface area contributed by atoms with Crippen molar-refractivity contribution in [2.45, 2.75) is 19.0 Å². The summed E-state index contributed by atoms with van der Waals surface area (Å²) in [4.78, 5) is 6.57. The van der Waals surface area contributed by atoms with Gasteiger partial charge in [-0.15, -0.1) is 15.3 Å². The Labute approximate surface area is 172 Å². The number of ether oxygens (including phenoxy) is 1. The third-order valence-corrected chi connectivity index (χ3v) is 5.39. The highest BCUT2D eigenvalue weighted by Crippen LogP contribution is 2.39. The SMILES string of the molecule is CN1C=NC(COc2nn3c(-c4ccccc4)nnc3c(Cl)c2N2CCCC2)N1. The molecule has 1 saturated heterocycles. The zero-order chi connectivity index (χ0) is 19.8. The fourth-order valence-electron chi connectivity index (χ4n) is 3.65. The molecule has 0 radical (unpaired) electrons. The molecule has 3 aromatic rings. The summed E-state index contributed by atoms with van der Waals surface area (Å²) in [5.74, 6) is 1.09. The lowest BCUT2D eigenvalue weighted by atomic mass is 10.2. The Bertz CT molecular complexity index is 1050. The summed E-state index contributed by atoms with van der Waals surface area (Å²) in [5.41, 5.74) is 5.39. The molecule has 2 aromatic heterocycles. The summed E-state index contributed by atoms with van der Waals surface area (Å²) in [5, 5.41) is 15.7. The Morgan fingerprint density at radius 2 is 1.97 bits per heavy atom. The van der Waals surface area contributed by atoms with Gasteiger partial charge >= 0.3 is 0 Å². The van der Waals surface area contributed by atoms with Crippen LogP contribution in [0.4, 0.5) is 5.69 Å². The first-order valence-electron chi connectivity index (χ1n) is 9.61. The number of anilines is 1. The topological polar surface area (TPSA) is 83.2 Å². The third-order valence-electron chi connectivity index (χ3n) is 5.04. The van der Waals surface area contributed by atoms with Crippen molar-refractivity contribution in [2.24, 2.45) is 4.99 Å². The van der Waals surface area contributed by atoms with Crippen LogP contribution in [0.5, 0.6) is 5.88 Å².